The fourth-order valence-electron chi connectivity index (χ4n) is 3.66. The molecule has 2 N–H and O–H groups in total. The number of hydrogen-bond acceptors (Lipinski definition) is 4. The molecule has 6 heteroatoms. The van der Waals surface area contributed by atoms with Gasteiger partial charge in [0.15, 0.2) is 5.96 Å². The van der Waals surface area contributed by atoms with E-state index >= 15 is 0 Å². The number of piperidine rings is 1. The van der Waals surface area contributed by atoms with E-state index in [0.29, 0.717) is 18.6 Å². The minimum Gasteiger partial charge on any atom is -0.357 e. The molecular formula is C22H33N5S. The molecule has 2 atom stereocenters. The first-order chi connectivity index (χ1) is 13.7. The Morgan fingerprint density at radius 3 is 2.79 bits per heavy atom. The standard InChI is InChI=1S/C22H33N5S/c1-4-21-25-20(16-28-21)14-24-22(23-5-2)26-19-11-12-27(17(3)13-19)15-18-9-7-6-8-10-18/h6-10,16-17,19H,4-5,11-15H2,1-3H3,(H2,23,24,26). The van der Waals surface area contributed by atoms with Crippen LogP contribution in [0, 0.1) is 0 Å². The van der Waals surface area contributed by atoms with Gasteiger partial charge in [0.1, 0.15) is 0 Å². The molecule has 1 aliphatic rings. The molecule has 1 aromatic carbocycles. The maximum Gasteiger partial charge on any atom is 0.191 e. The van der Waals surface area contributed by atoms with Gasteiger partial charge < -0.3 is 10.6 Å². The van der Waals surface area contributed by atoms with E-state index in [1.165, 1.54) is 10.6 Å². The summed E-state index contributed by atoms with van der Waals surface area (Å²) in [7, 11) is 0. The van der Waals surface area contributed by atoms with Crippen LogP contribution in [0.25, 0.3) is 0 Å². The molecule has 3 rings (SSSR count). The molecule has 1 aliphatic heterocycles. The largest absolute Gasteiger partial charge is 0.357 e. The normalized spacial score (nSPS) is 20.9. The first kappa shape index (κ1) is 20.8. The number of aromatic nitrogens is 1. The molecule has 5 nitrogen and oxygen atoms in total. The Hall–Kier alpha value is -1.92. The lowest BCUT2D eigenvalue weighted by Gasteiger charge is -2.38. The zero-order valence-corrected chi connectivity index (χ0v) is 18.1. The molecule has 2 aromatic rings. The van der Waals surface area contributed by atoms with E-state index in [9.17, 15) is 0 Å². The van der Waals surface area contributed by atoms with Gasteiger partial charge in [0.2, 0.25) is 0 Å². The topological polar surface area (TPSA) is 52.6 Å². The van der Waals surface area contributed by atoms with Crippen molar-refractivity contribution in [2.24, 2.45) is 4.99 Å². The summed E-state index contributed by atoms with van der Waals surface area (Å²) in [6, 6.07) is 11.8. The van der Waals surface area contributed by atoms with E-state index in [-0.39, 0.29) is 0 Å². The number of likely N-dealkylation sites (tertiary alicyclic amines) is 1. The van der Waals surface area contributed by atoms with Crippen LogP contribution in [-0.4, -0.2) is 41.0 Å². The minimum absolute atomic E-state index is 0.460. The van der Waals surface area contributed by atoms with Crippen LogP contribution in [0.15, 0.2) is 40.7 Å². The first-order valence-electron chi connectivity index (χ1n) is 10.4. The number of thiazole rings is 1. The molecule has 0 radical (unpaired) electrons. The first-order valence-corrected chi connectivity index (χ1v) is 11.3. The summed E-state index contributed by atoms with van der Waals surface area (Å²) in [6.45, 7) is 10.2. The van der Waals surface area contributed by atoms with Gasteiger partial charge in [-0.3, -0.25) is 4.90 Å². The Balaban J connectivity index is 1.53. The third-order valence-corrected chi connectivity index (χ3v) is 6.27. The number of nitrogens with one attached hydrogen (secondary N) is 2. The number of aryl methyl sites for hydroxylation is 1. The van der Waals surface area contributed by atoms with Gasteiger partial charge in [0.25, 0.3) is 0 Å². The van der Waals surface area contributed by atoms with Crippen molar-refractivity contribution < 1.29 is 0 Å². The van der Waals surface area contributed by atoms with Crippen LogP contribution in [0.3, 0.4) is 0 Å². The highest BCUT2D eigenvalue weighted by molar-refractivity contribution is 7.09. The van der Waals surface area contributed by atoms with Crippen molar-refractivity contribution in [3.8, 4) is 0 Å². The molecule has 28 heavy (non-hydrogen) atoms. The van der Waals surface area contributed by atoms with Gasteiger partial charge in [-0.05, 0) is 38.7 Å². The van der Waals surface area contributed by atoms with Crippen molar-refractivity contribution in [2.45, 2.75) is 65.2 Å². The van der Waals surface area contributed by atoms with E-state index in [4.69, 9.17) is 4.99 Å². The highest BCUT2D eigenvalue weighted by atomic mass is 32.1. The number of nitrogens with zero attached hydrogens (tertiary/aromatic N) is 3. The predicted molar refractivity (Wildman–Crippen MR) is 119 cm³/mol. The molecule has 2 heterocycles. The SMILES string of the molecule is CCNC(=NCc1csc(CC)n1)NC1CCN(Cc2ccccc2)C(C)C1. The number of benzene rings is 1. The van der Waals surface area contributed by atoms with Crippen LogP contribution in [-0.2, 0) is 19.5 Å². The molecule has 0 bridgehead atoms. The molecular weight excluding hydrogens is 366 g/mol. The van der Waals surface area contributed by atoms with Crippen molar-refractivity contribution in [1.82, 2.24) is 20.5 Å². The quantitative estimate of drug-likeness (QED) is 0.549. The second-order valence-electron chi connectivity index (χ2n) is 7.45. The van der Waals surface area contributed by atoms with E-state index in [0.717, 1.165) is 50.6 Å². The summed E-state index contributed by atoms with van der Waals surface area (Å²) in [5.74, 6) is 0.905. The fraction of sp³-hybridized carbons (Fsp3) is 0.545. The summed E-state index contributed by atoms with van der Waals surface area (Å²) in [4.78, 5) is 12.0. The zero-order valence-electron chi connectivity index (χ0n) is 17.3. The average molecular weight is 400 g/mol. The lowest BCUT2D eigenvalue weighted by Crippen LogP contribution is -2.51. The van der Waals surface area contributed by atoms with E-state index in [1.807, 2.05) is 0 Å². The molecule has 152 valence electrons. The van der Waals surface area contributed by atoms with Gasteiger partial charge in [-0.25, -0.2) is 9.98 Å². The lowest BCUT2D eigenvalue weighted by atomic mass is 9.97. The van der Waals surface area contributed by atoms with Gasteiger partial charge in [-0.1, -0.05) is 37.3 Å². The number of guanidine groups is 1. The van der Waals surface area contributed by atoms with Gasteiger partial charge in [-0.15, -0.1) is 11.3 Å². The van der Waals surface area contributed by atoms with E-state index in [1.54, 1.807) is 11.3 Å². The maximum absolute atomic E-state index is 4.76. The highest BCUT2D eigenvalue weighted by Crippen LogP contribution is 2.20. The average Bonchev–Trinajstić information content (AvgIpc) is 3.17. The molecule has 1 aromatic heterocycles. The van der Waals surface area contributed by atoms with E-state index < -0.39 is 0 Å². The molecule has 0 aliphatic carbocycles. The van der Waals surface area contributed by atoms with Crippen LogP contribution in [0.4, 0.5) is 0 Å². The molecule has 0 amide bonds. The second-order valence-corrected chi connectivity index (χ2v) is 8.39. The summed E-state index contributed by atoms with van der Waals surface area (Å²) < 4.78 is 0. The highest BCUT2D eigenvalue weighted by Gasteiger charge is 2.25. The third-order valence-electron chi connectivity index (χ3n) is 5.23. The van der Waals surface area contributed by atoms with Crippen LogP contribution in [0.5, 0.6) is 0 Å². The van der Waals surface area contributed by atoms with Crippen molar-refractivity contribution in [3.63, 3.8) is 0 Å². The summed E-state index contributed by atoms with van der Waals surface area (Å²) >= 11 is 1.72. The fourth-order valence-corrected chi connectivity index (χ4v) is 4.40. The smallest absolute Gasteiger partial charge is 0.191 e. The monoisotopic (exact) mass is 399 g/mol. The van der Waals surface area contributed by atoms with Crippen LogP contribution in [0.1, 0.15) is 49.9 Å². The van der Waals surface area contributed by atoms with Crippen LogP contribution >= 0.6 is 11.3 Å². The maximum atomic E-state index is 4.76. The Bertz CT molecular complexity index is 742. The summed E-state index contributed by atoms with van der Waals surface area (Å²) in [5, 5.41) is 10.3. The molecule has 0 saturated carbocycles. The predicted octanol–water partition coefficient (Wildman–Crippen LogP) is 3.81. The zero-order chi connectivity index (χ0) is 19.8. The lowest BCUT2D eigenvalue weighted by molar-refractivity contribution is 0.134. The van der Waals surface area contributed by atoms with Crippen molar-refractivity contribution >= 4 is 17.3 Å². The molecule has 0 spiro atoms. The second kappa shape index (κ2) is 10.6. The van der Waals surface area contributed by atoms with Crippen LogP contribution < -0.4 is 10.6 Å². The molecule has 1 fully saturated rings. The summed E-state index contributed by atoms with van der Waals surface area (Å²) in [5.41, 5.74) is 2.45. The third kappa shape index (κ3) is 6.04. The Morgan fingerprint density at radius 2 is 2.11 bits per heavy atom. The van der Waals surface area contributed by atoms with E-state index in [2.05, 4.69) is 77.0 Å². The Kier molecular flexibility index (Phi) is 7.86. The molecule has 1 saturated heterocycles. The molecule has 2 unspecified atom stereocenters. The number of hydrogen-bond donors (Lipinski definition) is 2. The van der Waals surface area contributed by atoms with Gasteiger partial charge in [0.05, 0.1) is 17.2 Å². The van der Waals surface area contributed by atoms with Gasteiger partial charge in [-0.2, -0.15) is 0 Å². The van der Waals surface area contributed by atoms with Crippen molar-refractivity contribution in [1.29, 1.82) is 0 Å². The number of rotatable bonds is 7. The number of aliphatic imine (C=N–C) groups is 1. The van der Waals surface area contributed by atoms with Crippen LogP contribution in [0.2, 0.25) is 0 Å². The van der Waals surface area contributed by atoms with Crippen molar-refractivity contribution in [3.05, 3.63) is 52.0 Å². The van der Waals surface area contributed by atoms with Crippen molar-refractivity contribution in [2.75, 3.05) is 13.1 Å². The summed E-state index contributed by atoms with van der Waals surface area (Å²) in [6.07, 6.45) is 3.26. The Morgan fingerprint density at radius 1 is 1.29 bits per heavy atom. The van der Waals surface area contributed by atoms with Gasteiger partial charge in [0, 0.05) is 37.1 Å². The Labute approximate surface area is 173 Å². The van der Waals surface area contributed by atoms with Gasteiger partial charge >= 0.3 is 0 Å². The minimum atomic E-state index is 0.460.